The normalized spacial score (nSPS) is 20.0. The number of piperidine rings is 3. The fraction of sp³-hybridized carbons (Fsp3) is 0.421. The molecule has 1 unspecified atom stereocenters. The van der Waals surface area contributed by atoms with E-state index in [1.807, 2.05) is 23.1 Å². The molecule has 1 atom stereocenters. The highest BCUT2D eigenvalue weighted by Crippen LogP contribution is 2.42. The molecule has 10 nitrogen and oxygen atoms in total. The van der Waals surface area contributed by atoms with Gasteiger partial charge in [0.15, 0.2) is 0 Å². The van der Waals surface area contributed by atoms with Crippen LogP contribution in [-0.4, -0.2) is 71.3 Å². The summed E-state index contributed by atoms with van der Waals surface area (Å²) < 4.78 is 39.1. The third-order valence-electron chi connectivity index (χ3n) is 10.8. The molecule has 3 fully saturated rings. The number of benzene rings is 2. The summed E-state index contributed by atoms with van der Waals surface area (Å²) in [6, 6.07) is 9.86. The van der Waals surface area contributed by atoms with Gasteiger partial charge in [-0.2, -0.15) is 0 Å². The van der Waals surface area contributed by atoms with Crippen molar-refractivity contribution in [1.29, 1.82) is 0 Å². The quantitative estimate of drug-likeness (QED) is 0.219. The number of methoxy groups -OCH3 is 1. The van der Waals surface area contributed by atoms with Gasteiger partial charge in [-0.1, -0.05) is 11.6 Å². The van der Waals surface area contributed by atoms with Crippen LogP contribution in [0.25, 0.3) is 21.9 Å². The van der Waals surface area contributed by atoms with E-state index in [0.717, 1.165) is 22.1 Å². The van der Waals surface area contributed by atoms with E-state index in [2.05, 4.69) is 20.5 Å². The third kappa shape index (κ3) is 7.03. The zero-order valence-corrected chi connectivity index (χ0v) is 29.4. The Bertz CT molecular complexity index is 2040. The lowest BCUT2D eigenvalue weighted by atomic mass is 9.76. The average molecular weight is 719 g/mol. The Morgan fingerprint density at radius 1 is 1.04 bits per heavy atom. The van der Waals surface area contributed by atoms with Crippen molar-refractivity contribution in [3.05, 3.63) is 81.7 Å². The first-order valence-electron chi connectivity index (χ1n) is 17.4. The molecule has 5 heterocycles. The molecule has 2 N–H and O–H groups in total. The molecule has 3 saturated heterocycles. The zero-order chi connectivity index (χ0) is 35.9. The molecular weight excluding hydrogens is 678 g/mol. The standard InChI is InChI=1S/C38H41ClF2N6O4/c1-45-21-28(26-7-12-42-20-27(26)37(45)50)23-17-30(39)29(34(18-23)51-2)22-46-15-10-38(41,11-16-46)24-8-13-47(14-9-24)33-5-3-25(19-31(33)40)43-32-4-6-35(48)44-36(32)49/h3,5,7,12,17-21,24,32,43H,4,6,8-11,13-16,22H2,1-2H3,(H,44,48,49). The second-order valence-corrected chi connectivity index (χ2v) is 14.3. The SMILES string of the molecule is COc1cc(-c2cn(C)c(=O)c3cnccc23)cc(Cl)c1CN1CCC(F)(C2CCN(c3ccc(NC4CCC(=O)NC4=O)cc3F)CC2)CC1. The predicted molar refractivity (Wildman–Crippen MR) is 193 cm³/mol. The highest BCUT2D eigenvalue weighted by atomic mass is 35.5. The maximum absolute atomic E-state index is 16.5. The Kier molecular flexibility index (Phi) is 9.73. The maximum atomic E-state index is 16.5. The Balaban J connectivity index is 0.963. The summed E-state index contributed by atoms with van der Waals surface area (Å²) in [4.78, 5) is 44.5. The van der Waals surface area contributed by atoms with Crippen molar-refractivity contribution in [3.8, 4) is 16.9 Å². The van der Waals surface area contributed by atoms with Crippen LogP contribution >= 0.6 is 11.6 Å². The van der Waals surface area contributed by atoms with Gasteiger partial charge in [0, 0.05) is 86.6 Å². The number of hydrogen-bond donors (Lipinski definition) is 2. The molecule has 7 rings (SSSR count). The van der Waals surface area contributed by atoms with Gasteiger partial charge in [-0.25, -0.2) is 8.78 Å². The van der Waals surface area contributed by atoms with Gasteiger partial charge in [-0.15, -0.1) is 0 Å². The lowest BCUT2D eigenvalue weighted by Crippen LogP contribution is -2.49. The van der Waals surface area contributed by atoms with Gasteiger partial charge in [-0.05, 0) is 85.4 Å². The summed E-state index contributed by atoms with van der Waals surface area (Å²) in [7, 11) is 3.32. The van der Waals surface area contributed by atoms with Crippen molar-refractivity contribution in [2.24, 2.45) is 13.0 Å². The first kappa shape index (κ1) is 34.9. The van der Waals surface area contributed by atoms with Crippen LogP contribution in [0.2, 0.25) is 5.02 Å². The predicted octanol–water partition coefficient (Wildman–Crippen LogP) is 5.84. The Morgan fingerprint density at radius 2 is 1.80 bits per heavy atom. The van der Waals surface area contributed by atoms with E-state index in [4.69, 9.17) is 16.3 Å². The third-order valence-corrected chi connectivity index (χ3v) is 11.2. The molecule has 0 aliphatic carbocycles. The molecular formula is C38H41ClF2N6O4. The number of likely N-dealkylation sites (tertiary alicyclic amines) is 1. The highest BCUT2D eigenvalue weighted by Gasteiger charge is 2.43. The summed E-state index contributed by atoms with van der Waals surface area (Å²) in [5, 5.41) is 7.16. The fourth-order valence-electron chi connectivity index (χ4n) is 7.88. The van der Waals surface area contributed by atoms with Crippen LogP contribution in [0.5, 0.6) is 5.75 Å². The number of halogens is 3. The first-order chi connectivity index (χ1) is 24.5. The van der Waals surface area contributed by atoms with Crippen LogP contribution in [0.1, 0.15) is 44.1 Å². The molecule has 0 radical (unpaired) electrons. The topological polar surface area (TPSA) is 109 Å². The van der Waals surface area contributed by atoms with Crippen LogP contribution < -0.4 is 25.8 Å². The van der Waals surface area contributed by atoms with E-state index in [0.29, 0.717) is 92.4 Å². The largest absolute Gasteiger partial charge is 0.496 e. The molecule has 4 aromatic rings. The van der Waals surface area contributed by atoms with Gasteiger partial charge in [0.25, 0.3) is 5.56 Å². The van der Waals surface area contributed by atoms with E-state index < -0.39 is 23.4 Å². The lowest BCUT2D eigenvalue weighted by Gasteiger charge is -2.45. The highest BCUT2D eigenvalue weighted by molar-refractivity contribution is 6.32. The molecule has 51 heavy (non-hydrogen) atoms. The summed E-state index contributed by atoms with van der Waals surface area (Å²) in [5.74, 6) is -0.602. The second-order valence-electron chi connectivity index (χ2n) is 13.9. The van der Waals surface area contributed by atoms with E-state index >= 15 is 8.78 Å². The number of amides is 2. The molecule has 0 spiro atoms. The minimum Gasteiger partial charge on any atom is -0.496 e. The van der Waals surface area contributed by atoms with Gasteiger partial charge < -0.3 is 19.5 Å². The number of fused-ring (bicyclic) bond motifs is 1. The number of rotatable bonds is 8. The number of ether oxygens (including phenoxy) is 1. The van der Waals surface area contributed by atoms with Gasteiger partial charge >= 0.3 is 0 Å². The molecule has 3 aliphatic rings. The van der Waals surface area contributed by atoms with Crippen molar-refractivity contribution in [2.45, 2.75) is 56.8 Å². The first-order valence-corrected chi connectivity index (χ1v) is 17.8. The van der Waals surface area contributed by atoms with E-state index in [-0.39, 0.29) is 23.8 Å². The van der Waals surface area contributed by atoms with Crippen molar-refractivity contribution in [3.63, 3.8) is 0 Å². The number of imide groups is 1. The monoisotopic (exact) mass is 718 g/mol. The molecule has 3 aliphatic heterocycles. The van der Waals surface area contributed by atoms with Crippen LogP contribution in [0, 0.1) is 11.7 Å². The van der Waals surface area contributed by atoms with Crippen LogP contribution in [0.3, 0.4) is 0 Å². The number of aryl methyl sites for hydroxylation is 1. The Morgan fingerprint density at radius 3 is 2.51 bits per heavy atom. The zero-order valence-electron chi connectivity index (χ0n) is 28.7. The molecule has 2 amide bonds. The number of nitrogens with zero attached hydrogens (tertiary/aromatic N) is 4. The summed E-state index contributed by atoms with van der Waals surface area (Å²) in [5.41, 5.74) is 2.00. The number of aromatic nitrogens is 2. The maximum Gasteiger partial charge on any atom is 0.259 e. The fourth-order valence-corrected chi connectivity index (χ4v) is 8.15. The van der Waals surface area contributed by atoms with Crippen LogP contribution in [0.4, 0.5) is 20.2 Å². The minimum absolute atomic E-state index is 0.114. The summed E-state index contributed by atoms with van der Waals surface area (Å²) >= 11 is 6.90. The number of alkyl halides is 1. The van der Waals surface area contributed by atoms with E-state index in [9.17, 15) is 14.4 Å². The van der Waals surface area contributed by atoms with Crippen molar-refractivity contribution in [1.82, 2.24) is 19.8 Å². The molecule has 2 aromatic carbocycles. The number of pyridine rings is 2. The second kappa shape index (κ2) is 14.2. The Labute approximate surface area is 299 Å². The van der Waals surface area contributed by atoms with Gasteiger partial charge in [-0.3, -0.25) is 29.6 Å². The van der Waals surface area contributed by atoms with Gasteiger partial charge in [0.2, 0.25) is 11.8 Å². The number of carbonyl (C=O) groups is 2. The number of hydrogen-bond acceptors (Lipinski definition) is 8. The number of nitrogens with one attached hydrogen (secondary N) is 2. The van der Waals surface area contributed by atoms with E-state index in [1.54, 1.807) is 44.9 Å². The smallest absolute Gasteiger partial charge is 0.259 e. The number of anilines is 2. The van der Waals surface area contributed by atoms with Gasteiger partial charge in [0.1, 0.15) is 23.3 Å². The lowest BCUT2D eigenvalue weighted by molar-refractivity contribution is -0.133. The molecule has 0 saturated carbocycles. The average Bonchev–Trinajstić information content (AvgIpc) is 3.13. The van der Waals surface area contributed by atoms with Gasteiger partial charge in [0.05, 0.1) is 18.2 Å². The van der Waals surface area contributed by atoms with Crippen LogP contribution in [-0.2, 0) is 23.2 Å². The van der Waals surface area contributed by atoms with Crippen LogP contribution in [0.15, 0.2) is 59.8 Å². The summed E-state index contributed by atoms with van der Waals surface area (Å²) in [6.07, 6.45) is 7.69. The molecule has 2 aromatic heterocycles. The van der Waals surface area contributed by atoms with Crippen molar-refractivity contribution >= 4 is 45.6 Å². The summed E-state index contributed by atoms with van der Waals surface area (Å²) in [6.45, 7) is 2.77. The molecule has 13 heteroatoms. The Hall–Kier alpha value is -4.55. The van der Waals surface area contributed by atoms with Crippen molar-refractivity contribution in [2.75, 3.05) is 43.5 Å². The minimum atomic E-state index is -1.30. The molecule has 0 bridgehead atoms. The number of carbonyl (C=O) groups excluding carboxylic acids is 2. The van der Waals surface area contributed by atoms with E-state index in [1.165, 1.54) is 10.6 Å². The molecule has 268 valence electrons. The van der Waals surface area contributed by atoms with Crippen molar-refractivity contribution < 1.29 is 23.1 Å².